The Morgan fingerprint density at radius 3 is 3.00 bits per heavy atom. The Hall–Kier alpha value is -1.35. The minimum Gasteiger partial charge on any atom is -0.490 e. The van der Waals surface area contributed by atoms with Gasteiger partial charge in [0, 0.05) is 6.42 Å². The van der Waals surface area contributed by atoms with Crippen LogP contribution in [0.15, 0.2) is 12.1 Å². The molecule has 0 amide bonds. The van der Waals surface area contributed by atoms with E-state index >= 15 is 0 Å². The third-order valence-electron chi connectivity index (χ3n) is 3.06. The Balaban J connectivity index is 1.92. The Bertz CT molecular complexity index is 447. The van der Waals surface area contributed by atoms with Crippen molar-refractivity contribution in [3.05, 3.63) is 28.8 Å². The van der Waals surface area contributed by atoms with Crippen molar-refractivity contribution in [2.24, 2.45) is 0 Å². The molecule has 1 saturated heterocycles. The summed E-state index contributed by atoms with van der Waals surface area (Å²) in [4.78, 5) is 11.7. The van der Waals surface area contributed by atoms with Crippen molar-refractivity contribution >= 4 is 5.78 Å². The van der Waals surface area contributed by atoms with Crippen molar-refractivity contribution in [3.8, 4) is 5.75 Å². The number of benzene rings is 1. The monoisotopic (exact) mass is 218 g/mol. The van der Waals surface area contributed by atoms with Gasteiger partial charge in [-0.3, -0.25) is 4.79 Å². The number of hydrogen-bond acceptors (Lipinski definition) is 3. The van der Waals surface area contributed by atoms with E-state index in [2.05, 4.69) is 6.07 Å². The molecule has 16 heavy (non-hydrogen) atoms. The van der Waals surface area contributed by atoms with Crippen LogP contribution in [-0.2, 0) is 11.2 Å². The van der Waals surface area contributed by atoms with Crippen LogP contribution in [-0.4, -0.2) is 25.1 Å². The number of Topliss-reactive ketones (excluding diaryl/α,β-unsaturated/α-hetero) is 1. The number of ketones is 1. The molecule has 0 bridgehead atoms. The minimum absolute atomic E-state index is 0.210. The topological polar surface area (TPSA) is 38.8 Å². The highest BCUT2D eigenvalue weighted by atomic mass is 16.6. The van der Waals surface area contributed by atoms with Crippen LogP contribution in [0.5, 0.6) is 5.75 Å². The molecule has 2 aliphatic rings. The second-order valence-electron chi connectivity index (χ2n) is 4.49. The normalized spacial score (nSPS) is 22.1. The van der Waals surface area contributed by atoms with Crippen molar-refractivity contribution in [2.75, 3.05) is 13.2 Å². The predicted octanol–water partition coefficient (Wildman–Crippen LogP) is 1.90. The highest BCUT2D eigenvalue weighted by Crippen LogP contribution is 2.32. The maximum atomic E-state index is 11.7. The van der Waals surface area contributed by atoms with E-state index in [1.165, 1.54) is 0 Å². The van der Waals surface area contributed by atoms with Crippen LogP contribution in [0.3, 0.4) is 0 Å². The van der Waals surface area contributed by atoms with E-state index in [1.54, 1.807) is 0 Å². The lowest BCUT2D eigenvalue weighted by molar-refractivity contribution is 0.0990. The summed E-state index contributed by atoms with van der Waals surface area (Å²) in [6.45, 7) is 3.37. The van der Waals surface area contributed by atoms with Gasteiger partial charge in [0.25, 0.3) is 0 Å². The Morgan fingerprint density at radius 2 is 2.25 bits per heavy atom. The van der Waals surface area contributed by atoms with E-state index in [0.29, 0.717) is 13.0 Å². The molecule has 3 nitrogen and oxygen atoms in total. The number of fused-ring (bicyclic) bond motifs is 1. The van der Waals surface area contributed by atoms with E-state index < -0.39 is 0 Å². The highest BCUT2D eigenvalue weighted by Gasteiger charge is 2.27. The van der Waals surface area contributed by atoms with E-state index in [4.69, 9.17) is 9.47 Å². The van der Waals surface area contributed by atoms with Gasteiger partial charge in [0.1, 0.15) is 18.5 Å². The van der Waals surface area contributed by atoms with E-state index in [1.807, 2.05) is 13.0 Å². The molecular formula is C13H14O3. The summed E-state index contributed by atoms with van der Waals surface area (Å²) in [7, 11) is 0. The van der Waals surface area contributed by atoms with E-state index in [-0.39, 0.29) is 11.9 Å². The van der Waals surface area contributed by atoms with Crippen molar-refractivity contribution in [1.29, 1.82) is 0 Å². The fraction of sp³-hybridized carbons (Fsp3) is 0.462. The van der Waals surface area contributed by atoms with Crippen LogP contribution in [0.2, 0.25) is 0 Å². The average molecular weight is 218 g/mol. The number of carbonyl (C=O) groups is 1. The molecule has 1 aromatic rings. The number of hydrogen-bond donors (Lipinski definition) is 0. The van der Waals surface area contributed by atoms with E-state index in [9.17, 15) is 4.79 Å². The van der Waals surface area contributed by atoms with Gasteiger partial charge in [-0.25, -0.2) is 0 Å². The predicted molar refractivity (Wildman–Crippen MR) is 59.1 cm³/mol. The molecular weight excluding hydrogens is 204 g/mol. The fourth-order valence-electron chi connectivity index (χ4n) is 2.17. The van der Waals surface area contributed by atoms with Crippen molar-refractivity contribution in [1.82, 2.24) is 0 Å². The lowest BCUT2D eigenvalue weighted by atomic mass is 10.1. The molecule has 1 heterocycles. The standard InChI is InChI=1S/C13H14O3/c1-8-4-9-2-3-11(14)13(9)12(5-8)16-7-10-6-15-10/h4-5,10H,2-3,6-7H2,1H3. The average Bonchev–Trinajstić information content (AvgIpc) is 3.00. The van der Waals surface area contributed by atoms with Gasteiger partial charge in [0.05, 0.1) is 12.2 Å². The number of ether oxygens (including phenoxy) is 2. The zero-order chi connectivity index (χ0) is 11.1. The number of rotatable bonds is 3. The summed E-state index contributed by atoms with van der Waals surface area (Å²) in [6.07, 6.45) is 1.70. The fourth-order valence-corrected chi connectivity index (χ4v) is 2.17. The molecule has 1 aliphatic heterocycles. The molecule has 0 saturated carbocycles. The second kappa shape index (κ2) is 3.59. The van der Waals surface area contributed by atoms with Gasteiger partial charge in [0.2, 0.25) is 0 Å². The maximum absolute atomic E-state index is 11.7. The third kappa shape index (κ3) is 1.71. The maximum Gasteiger partial charge on any atom is 0.167 e. The lowest BCUT2D eigenvalue weighted by Gasteiger charge is -2.10. The molecule has 0 N–H and O–H groups in total. The van der Waals surface area contributed by atoms with Crippen molar-refractivity contribution in [3.63, 3.8) is 0 Å². The van der Waals surface area contributed by atoms with Gasteiger partial charge < -0.3 is 9.47 Å². The van der Waals surface area contributed by atoms with E-state index in [0.717, 1.165) is 35.5 Å². The zero-order valence-electron chi connectivity index (χ0n) is 9.29. The second-order valence-corrected chi connectivity index (χ2v) is 4.49. The summed E-state index contributed by atoms with van der Waals surface area (Å²) >= 11 is 0. The molecule has 0 aromatic heterocycles. The Kier molecular flexibility index (Phi) is 2.21. The first kappa shape index (κ1) is 9.85. The molecule has 1 fully saturated rings. The van der Waals surface area contributed by atoms with Crippen LogP contribution in [0.4, 0.5) is 0 Å². The van der Waals surface area contributed by atoms with Crippen molar-refractivity contribution < 1.29 is 14.3 Å². The highest BCUT2D eigenvalue weighted by molar-refractivity contribution is 6.03. The molecule has 1 atom stereocenters. The summed E-state index contributed by atoms with van der Waals surface area (Å²) in [5.41, 5.74) is 3.09. The summed E-state index contributed by atoms with van der Waals surface area (Å²) in [5, 5.41) is 0. The molecule has 3 rings (SSSR count). The van der Waals surface area contributed by atoms with Gasteiger partial charge in [-0.1, -0.05) is 6.07 Å². The molecule has 0 spiro atoms. The van der Waals surface area contributed by atoms with Gasteiger partial charge in [-0.15, -0.1) is 0 Å². The summed E-state index contributed by atoms with van der Waals surface area (Å²) in [5.74, 6) is 0.953. The van der Waals surface area contributed by atoms with Crippen LogP contribution >= 0.6 is 0 Å². The number of epoxide rings is 1. The first-order valence-electron chi connectivity index (χ1n) is 5.65. The minimum atomic E-state index is 0.210. The van der Waals surface area contributed by atoms with Crippen LogP contribution < -0.4 is 4.74 Å². The van der Waals surface area contributed by atoms with Crippen LogP contribution in [0.25, 0.3) is 0 Å². The number of carbonyl (C=O) groups excluding carboxylic acids is 1. The molecule has 3 heteroatoms. The molecule has 84 valence electrons. The number of aryl methyl sites for hydroxylation is 2. The van der Waals surface area contributed by atoms with Gasteiger partial charge >= 0.3 is 0 Å². The molecule has 1 aliphatic carbocycles. The van der Waals surface area contributed by atoms with Crippen LogP contribution in [0.1, 0.15) is 27.9 Å². The largest absolute Gasteiger partial charge is 0.490 e. The Morgan fingerprint density at radius 1 is 1.44 bits per heavy atom. The smallest absolute Gasteiger partial charge is 0.167 e. The quantitative estimate of drug-likeness (QED) is 0.727. The third-order valence-corrected chi connectivity index (χ3v) is 3.06. The zero-order valence-corrected chi connectivity index (χ0v) is 9.29. The van der Waals surface area contributed by atoms with Crippen LogP contribution in [0, 0.1) is 6.92 Å². The first-order chi connectivity index (χ1) is 7.74. The lowest BCUT2D eigenvalue weighted by Crippen LogP contribution is -2.07. The van der Waals surface area contributed by atoms with Gasteiger partial charge in [0.15, 0.2) is 5.78 Å². The van der Waals surface area contributed by atoms with Gasteiger partial charge in [-0.05, 0) is 30.5 Å². The molecule has 1 aromatic carbocycles. The molecule has 1 unspecified atom stereocenters. The van der Waals surface area contributed by atoms with Gasteiger partial charge in [-0.2, -0.15) is 0 Å². The van der Waals surface area contributed by atoms with Crippen molar-refractivity contribution in [2.45, 2.75) is 25.9 Å². The summed E-state index contributed by atoms with van der Waals surface area (Å²) < 4.78 is 10.8. The molecule has 0 radical (unpaired) electrons. The SMILES string of the molecule is Cc1cc2c(c(OCC3CO3)c1)C(=O)CC2. The Labute approximate surface area is 94.4 Å². The summed E-state index contributed by atoms with van der Waals surface area (Å²) in [6, 6.07) is 4.03. The first-order valence-corrected chi connectivity index (χ1v) is 5.65.